The molecule has 1 saturated carbocycles. The third-order valence-electron chi connectivity index (χ3n) is 6.35. The Kier molecular flexibility index (Phi) is 6.70. The van der Waals surface area contributed by atoms with Crippen molar-refractivity contribution in [1.29, 1.82) is 0 Å². The largest absolute Gasteiger partial charge is 0.370 e. The molecule has 0 N–H and O–H groups in total. The first-order chi connectivity index (χ1) is 15.0. The molecule has 1 aliphatic carbocycles. The van der Waals surface area contributed by atoms with Crippen LogP contribution in [0.4, 0.5) is 0 Å². The van der Waals surface area contributed by atoms with Crippen LogP contribution < -0.4 is 0 Å². The van der Waals surface area contributed by atoms with E-state index in [9.17, 15) is 9.59 Å². The summed E-state index contributed by atoms with van der Waals surface area (Å²) < 4.78 is 11.4. The Morgan fingerprint density at radius 3 is 2.55 bits per heavy atom. The molecule has 2 aliphatic rings. The summed E-state index contributed by atoms with van der Waals surface area (Å²) in [5.74, 6) is 0.256. The van der Waals surface area contributed by atoms with E-state index in [1.165, 1.54) is 6.42 Å². The topological polar surface area (TPSA) is 75.9 Å². The van der Waals surface area contributed by atoms with Gasteiger partial charge in [0, 0.05) is 19.1 Å². The van der Waals surface area contributed by atoms with Crippen LogP contribution in [0.25, 0.3) is 0 Å². The average molecular weight is 426 g/mol. The summed E-state index contributed by atoms with van der Waals surface area (Å²) in [6, 6.07) is 10.2. The maximum absolute atomic E-state index is 13.3. The van der Waals surface area contributed by atoms with Gasteiger partial charge in [0.1, 0.15) is 17.9 Å². The first-order valence-electron chi connectivity index (χ1n) is 11.2. The van der Waals surface area contributed by atoms with Crippen molar-refractivity contribution in [2.45, 2.75) is 64.7 Å². The SMILES string of the molecule is Cc1noc(C)c1C(=O)N1CC(=O)N(C2CCCCC2)C[C@@H](OCc2ccccc2)C1. The van der Waals surface area contributed by atoms with Crippen molar-refractivity contribution >= 4 is 11.8 Å². The molecule has 31 heavy (non-hydrogen) atoms. The van der Waals surface area contributed by atoms with E-state index in [1.54, 1.807) is 18.7 Å². The number of ether oxygens (including phenoxy) is 1. The normalized spacial score (nSPS) is 20.7. The van der Waals surface area contributed by atoms with Gasteiger partial charge in [0.25, 0.3) is 5.91 Å². The number of benzene rings is 1. The molecule has 2 amide bonds. The summed E-state index contributed by atoms with van der Waals surface area (Å²) in [6.45, 7) is 4.87. The number of rotatable bonds is 5. The molecule has 2 fully saturated rings. The molecule has 1 aliphatic heterocycles. The van der Waals surface area contributed by atoms with Crippen LogP contribution in [0.5, 0.6) is 0 Å². The second-order valence-electron chi connectivity index (χ2n) is 8.64. The van der Waals surface area contributed by atoms with Gasteiger partial charge >= 0.3 is 0 Å². The number of hydrogen-bond donors (Lipinski definition) is 0. The Balaban J connectivity index is 1.55. The van der Waals surface area contributed by atoms with Gasteiger partial charge in [-0.1, -0.05) is 54.8 Å². The molecule has 0 spiro atoms. The van der Waals surface area contributed by atoms with E-state index in [1.807, 2.05) is 35.2 Å². The third kappa shape index (κ3) is 4.98. The molecule has 0 bridgehead atoms. The Morgan fingerprint density at radius 2 is 1.87 bits per heavy atom. The first kappa shape index (κ1) is 21.6. The molecule has 166 valence electrons. The van der Waals surface area contributed by atoms with Crippen molar-refractivity contribution in [2.75, 3.05) is 19.6 Å². The predicted octanol–water partition coefficient (Wildman–Crippen LogP) is 3.49. The average Bonchev–Trinajstić information content (AvgIpc) is 3.03. The van der Waals surface area contributed by atoms with Crippen molar-refractivity contribution in [1.82, 2.24) is 15.0 Å². The van der Waals surface area contributed by atoms with Crippen LogP contribution in [0, 0.1) is 13.8 Å². The number of carbonyl (C=O) groups excluding carboxylic acids is 2. The molecule has 2 aromatic rings. The zero-order valence-corrected chi connectivity index (χ0v) is 18.4. The highest BCUT2D eigenvalue weighted by molar-refractivity contribution is 5.98. The maximum atomic E-state index is 13.3. The first-order valence-corrected chi connectivity index (χ1v) is 11.2. The molecule has 1 saturated heterocycles. The minimum atomic E-state index is -0.252. The van der Waals surface area contributed by atoms with Gasteiger partial charge in [-0.3, -0.25) is 9.59 Å². The Hall–Kier alpha value is -2.67. The molecular formula is C24H31N3O4. The fourth-order valence-corrected chi connectivity index (χ4v) is 4.68. The predicted molar refractivity (Wildman–Crippen MR) is 115 cm³/mol. The Morgan fingerprint density at radius 1 is 1.13 bits per heavy atom. The lowest BCUT2D eigenvalue weighted by molar-refractivity contribution is -0.134. The van der Waals surface area contributed by atoms with Crippen molar-refractivity contribution in [3.05, 3.63) is 52.9 Å². The van der Waals surface area contributed by atoms with Gasteiger partial charge in [-0.25, -0.2) is 0 Å². The van der Waals surface area contributed by atoms with Crippen molar-refractivity contribution in [3.63, 3.8) is 0 Å². The molecule has 1 atom stereocenters. The number of hydrogen-bond acceptors (Lipinski definition) is 5. The monoisotopic (exact) mass is 425 g/mol. The lowest BCUT2D eigenvalue weighted by Crippen LogP contribution is -2.46. The summed E-state index contributed by atoms with van der Waals surface area (Å²) in [5, 5.41) is 3.91. The molecule has 2 heterocycles. The van der Waals surface area contributed by atoms with Gasteiger partial charge in [0.2, 0.25) is 5.91 Å². The van der Waals surface area contributed by atoms with Crippen LogP contribution in [0.3, 0.4) is 0 Å². The van der Waals surface area contributed by atoms with Crippen LogP contribution >= 0.6 is 0 Å². The molecule has 1 aromatic heterocycles. The number of aryl methyl sites for hydroxylation is 2. The van der Waals surface area contributed by atoms with Crippen molar-refractivity contribution in [3.8, 4) is 0 Å². The van der Waals surface area contributed by atoms with Crippen LogP contribution in [-0.4, -0.2) is 58.6 Å². The summed E-state index contributed by atoms with van der Waals surface area (Å²) in [5.41, 5.74) is 2.07. The molecular weight excluding hydrogens is 394 g/mol. The Labute approximate surface area is 183 Å². The molecule has 1 aromatic carbocycles. The second-order valence-corrected chi connectivity index (χ2v) is 8.64. The maximum Gasteiger partial charge on any atom is 0.259 e. The van der Waals surface area contributed by atoms with Gasteiger partial charge in [-0.05, 0) is 32.3 Å². The fourth-order valence-electron chi connectivity index (χ4n) is 4.68. The van der Waals surface area contributed by atoms with Crippen LogP contribution in [-0.2, 0) is 16.1 Å². The highest BCUT2D eigenvalue weighted by atomic mass is 16.5. The highest BCUT2D eigenvalue weighted by Gasteiger charge is 2.36. The van der Waals surface area contributed by atoms with Gasteiger partial charge in [-0.15, -0.1) is 0 Å². The van der Waals surface area contributed by atoms with Gasteiger partial charge in [0.15, 0.2) is 0 Å². The second kappa shape index (κ2) is 9.64. The van der Waals surface area contributed by atoms with Crippen LogP contribution in [0.2, 0.25) is 0 Å². The van der Waals surface area contributed by atoms with Gasteiger partial charge in [-0.2, -0.15) is 0 Å². The fraction of sp³-hybridized carbons (Fsp3) is 0.542. The minimum absolute atomic E-state index is 0.00202. The third-order valence-corrected chi connectivity index (χ3v) is 6.35. The van der Waals surface area contributed by atoms with E-state index in [-0.39, 0.29) is 30.5 Å². The van der Waals surface area contributed by atoms with E-state index < -0.39 is 0 Å². The summed E-state index contributed by atoms with van der Waals surface area (Å²) in [4.78, 5) is 30.1. The van der Waals surface area contributed by atoms with E-state index in [2.05, 4.69) is 5.16 Å². The van der Waals surface area contributed by atoms with Crippen LogP contribution in [0.1, 0.15) is 59.5 Å². The number of nitrogens with zero attached hydrogens (tertiary/aromatic N) is 3. The Bertz CT molecular complexity index is 885. The molecule has 7 nitrogen and oxygen atoms in total. The standard InChI is InChI=1S/C24H31N3O4/c1-17-23(18(2)31-25-17)24(29)26-13-21(30-16-19-9-5-3-6-10-19)14-27(22(28)15-26)20-11-7-4-8-12-20/h3,5-6,9-10,20-21H,4,7-8,11-16H2,1-2H3/t21-/m0/s1. The number of amides is 2. The van der Waals surface area contributed by atoms with Crippen LogP contribution in [0.15, 0.2) is 34.9 Å². The molecule has 4 rings (SSSR count). The van der Waals surface area contributed by atoms with E-state index in [4.69, 9.17) is 9.26 Å². The number of carbonyl (C=O) groups is 2. The highest BCUT2D eigenvalue weighted by Crippen LogP contribution is 2.26. The van der Waals surface area contributed by atoms with E-state index in [0.29, 0.717) is 36.7 Å². The van der Waals surface area contributed by atoms with E-state index in [0.717, 1.165) is 31.2 Å². The zero-order chi connectivity index (χ0) is 21.8. The molecule has 0 unspecified atom stereocenters. The minimum Gasteiger partial charge on any atom is -0.370 e. The van der Waals surface area contributed by atoms with Crippen molar-refractivity contribution in [2.24, 2.45) is 0 Å². The lowest BCUT2D eigenvalue weighted by atomic mass is 9.94. The molecule has 0 radical (unpaired) electrons. The van der Waals surface area contributed by atoms with Gasteiger partial charge in [0.05, 0.1) is 18.4 Å². The summed E-state index contributed by atoms with van der Waals surface area (Å²) in [7, 11) is 0. The zero-order valence-electron chi connectivity index (χ0n) is 18.4. The summed E-state index contributed by atoms with van der Waals surface area (Å²) >= 11 is 0. The smallest absolute Gasteiger partial charge is 0.259 e. The molecule has 7 heteroatoms. The van der Waals surface area contributed by atoms with Crippen molar-refractivity contribution < 1.29 is 18.8 Å². The van der Waals surface area contributed by atoms with Gasteiger partial charge < -0.3 is 19.1 Å². The summed E-state index contributed by atoms with van der Waals surface area (Å²) in [6.07, 6.45) is 5.31. The number of aromatic nitrogens is 1. The van der Waals surface area contributed by atoms with E-state index >= 15 is 0 Å². The quantitative estimate of drug-likeness (QED) is 0.733. The lowest BCUT2D eigenvalue weighted by Gasteiger charge is -2.34.